The molecule has 0 bridgehead atoms. The van der Waals surface area contributed by atoms with E-state index in [0.717, 1.165) is 21.9 Å². The van der Waals surface area contributed by atoms with Crippen LogP contribution in [0.25, 0.3) is 11.3 Å². The van der Waals surface area contributed by atoms with Crippen molar-refractivity contribution >= 4 is 23.1 Å². The van der Waals surface area contributed by atoms with Crippen molar-refractivity contribution in [2.75, 3.05) is 5.06 Å². The van der Waals surface area contributed by atoms with E-state index < -0.39 is 0 Å². The van der Waals surface area contributed by atoms with Crippen molar-refractivity contribution in [2.45, 2.75) is 6.61 Å². The van der Waals surface area contributed by atoms with Gasteiger partial charge in [0.2, 0.25) is 0 Å². The van der Waals surface area contributed by atoms with Gasteiger partial charge in [-0.2, -0.15) is 10.3 Å². The number of hydrogen-bond acceptors (Lipinski definition) is 4. The number of thiocarbonyl (C=S) groups is 1. The second-order valence-corrected chi connectivity index (χ2v) is 4.46. The largest absolute Gasteiger partial charge is 0.464 e. The molecule has 0 fully saturated rings. The Bertz CT molecular complexity index is 702. The lowest BCUT2D eigenvalue weighted by atomic mass is 10.1. The lowest BCUT2D eigenvalue weighted by molar-refractivity contribution is 0.215. The Hall–Kier alpha value is -2.36. The van der Waals surface area contributed by atoms with Crippen LogP contribution in [0, 0.1) is 11.3 Å². The molecule has 1 aromatic carbocycles. The minimum absolute atomic E-state index is 0.0480. The molecule has 0 unspecified atom stereocenters. The van der Waals surface area contributed by atoms with E-state index in [0.29, 0.717) is 18.0 Å². The van der Waals surface area contributed by atoms with Gasteiger partial charge in [-0.15, -0.1) is 0 Å². The van der Waals surface area contributed by atoms with E-state index in [9.17, 15) is 5.21 Å². The van der Waals surface area contributed by atoms with Gasteiger partial charge in [-0.1, -0.05) is 6.07 Å². The third-order valence-corrected chi connectivity index (χ3v) is 3.24. The zero-order valence-electron chi connectivity index (χ0n) is 9.75. The highest BCUT2D eigenvalue weighted by molar-refractivity contribution is 7.80. The summed E-state index contributed by atoms with van der Waals surface area (Å²) in [5, 5.41) is 19.5. The molecule has 94 valence electrons. The smallest absolute Gasteiger partial charge is 0.288 e. The van der Waals surface area contributed by atoms with E-state index in [-0.39, 0.29) is 5.17 Å². The molecule has 6 heteroatoms. The Morgan fingerprint density at radius 2 is 2.21 bits per heavy atom. The molecule has 5 nitrogen and oxygen atoms in total. The van der Waals surface area contributed by atoms with Crippen molar-refractivity contribution in [3.8, 4) is 17.3 Å². The van der Waals surface area contributed by atoms with Gasteiger partial charge in [-0.3, -0.25) is 5.21 Å². The first-order valence-electron chi connectivity index (χ1n) is 5.57. The lowest BCUT2D eigenvalue weighted by Crippen LogP contribution is -2.32. The van der Waals surface area contributed by atoms with Gasteiger partial charge in [0.05, 0.1) is 5.69 Å². The molecule has 1 aliphatic heterocycles. The number of nitrogens with zero attached hydrogens (tertiary/aromatic N) is 2. The maximum Gasteiger partial charge on any atom is 0.288 e. The molecule has 1 aromatic heterocycles. The van der Waals surface area contributed by atoms with E-state index in [1.807, 2.05) is 24.3 Å². The van der Waals surface area contributed by atoms with Crippen LogP contribution in [0.4, 0.5) is 5.69 Å². The van der Waals surface area contributed by atoms with Crippen LogP contribution >= 0.6 is 12.2 Å². The van der Waals surface area contributed by atoms with Crippen LogP contribution in [0.2, 0.25) is 0 Å². The van der Waals surface area contributed by atoms with E-state index in [1.165, 1.54) is 0 Å². The number of aromatic nitrogens is 1. The topological polar surface area (TPSA) is 72.3 Å². The molecule has 0 saturated heterocycles. The van der Waals surface area contributed by atoms with Crippen LogP contribution in [-0.2, 0) is 11.3 Å². The summed E-state index contributed by atoms with van der Waals surface area (Å²) >= 11 is 4.86. The zero-order chi connectivity index (χ0) is 13.4. The summed E-state index contributed by atoms with van der Waals surface area (Å²) in [6, 6.07) is 11.1. The first-order chi connectivity index (χ1) is 9.19. The average molecular weight is 271 g/mol. The quantitative estimate of drug-likeness (QED) is 0.780. The van der Waals surface area contributed by atoms with Crippen LogP contribution < -0.4 is 5.06 Å². The number of hydroxylamine groups is 1. The lowest BCUT2D eigenvalue weighted by Gasteiger charge is -2.26. The van der Waals surface area contributed by atoms with Crippen LogP contribution in [-0.4, -0.2) is 15.4 Å². The van der Waals surface area contributed by atoms with Crippen molar-refractivity contribution in [3.05, 3.63) is 41.6 Å². The first kappa shape index (κ1) is 11.7. The molecule has 0 radical (unpaired) electrons. The van der Waals surface area contributed by atoms with Crippen molar-refractivity contribution in [3.63, 3.8) is 0 Å². The molecule has 0 aliphatic carbocycles. The maximum absolute atomic E-state index is 9.75. The third kappa shape index (κ3) is 1.95. The molecule has 0 atom stereocenters. The second-order valence-electron chi connectivity index (χ2n) is 4.11. The molecule has 0 amide bonds. The van der Waals surface area contributed by atoms with Crippen LogP contribution in [0.1, 0.15) is 11.3 Å². The number of H-pyrrole nitrogens is 1. The van der Waals surface area contributed by atoms with E-state index in [2.05, 4.69) is 4.98 Å². The maximum atomic E-state index is 9.75. The van der Waals surface area contributed by atoms with Gasteiger partial charge < -0.3 is 9.72 Å². The van der Waals surface area contributed by atoms with Crippen molar-refractivity contribution in [1.29, 1.82) is 5.26 Å². The summed E-state index contributed by atoms with van der Waals surface area (Å²) in [6.45, 7) is 0.324. The number of aromatic amines is 1. The fourth-order valence-corrected chi connectivity index (χ4v) is 2.16. The van der Waals surface area contributed by atoms with Crippen molar-refractivity contribution < 1.29 is 9.94 Å². The van der Waals surface area contributed by atoms with Crippen LogP contribution in [0.15, 0.2) is 30.3 Å². The first-order valence-corrected chi connectivity index (χ1v) is 5.98. The molecule has 2 heterocycles. The Kier molecular flexibility index (Phi) is 2.71. The minimum Gasteiger partial charge on any atom is -0.464 e. The SMILES string of the molecule is N#Cc1ccc(-c2ccc3c(c2)COC(=S)N3O)[nH]1. The summed E-state index contributed by atoms with van der Waals surface area (Å²) in [6.07, 6.45) is 0. The van der Waals surface area contributed by atoms with E-state index >= 15 is 0 Å². The standard InChI is InChI=1S/C13H9N3O2S/c14-6-10-2-3-11(15-10)8-1-4-12-9(5-8)7-18-13(19)16(12)17/h1-5,15,17H,7H2. The molecule has 19 heavy (non-hydrogen) atoms. The number of benzene rings is 1. The average Bonchev–Trinajstić information content (AvgIpc) is 2.91. The predicted molar refractivity (Wildman–Crippen MR) is 72.6 cm³/mol. The molecular formula is C13H9N3O2S. The molecule has 0 saturated carbocycles. The zero-order valence-corrected chi connectivity index (χ0v) is 10.6. The number of nitriles is 1. The predicted octanol–water partition coefficient (Wildman–Crippen LogP) is 2.56. The highest BCUT2D eigenvalue weighted by Gasteiger charge is 2.21. The Balaban J connectivity index is 2.02. The molecular weight excluding hydrogens is 262 g/mol. The number of nitrogens with one attached hydrogen (secondary N) is 1. The Labute approximate surface area is 114 Å². The highest BCUT2D eigenvalue weighted by Crippen LogP contribution is 2.30. The Morgan fingerprint density at radius 1 is 1.37 bits per heavy atom. The van der Waals surface area contributed by atoms with Gasteiger partial charge in [-0.05, 0) is 42.0 Å². The van der Waals surface area contributed by atoms with Crippen molar-refractivity contribution in [1.82, 2.24) is 4.98 Å². The summed E-state index contributed by atoms with van der Waals surface area (Å²) in [5.74, 6) is 0. The number of ether oxygens (including phenoxy) is 1. The fourth-order valence-electron chi connectivity index (χ4n) is 2.00. The molecule has 0 spiro atoms. The van der Waals surface area contributed by atoms with Gasteiger partial charge >= 0.3 is 0 Å². The van der Waals surface area contributed by atoms with Crippen molar-refractivity contribution in [2.24, 2.45) is 0 Å². The minimum atomic E-state index is 0.0480. The third-order valence-electron chi connectivity index (χ3n) is 2.95. The van der Waals surface area contributed by atoms with Gasteiger partial charge in [0.1, 0.15) is 18.4 Å². The molecule has 2 N–H and O–H groups in total. The fraction of sp³-hybridized carbons (Fsp3) is 0.0769. The van der Waals surface area contributed by atoms with Gasteiger partial charge in [0, 0.05) is 11.3 Å². The number of fused-ring (bicyclic) bond motifs is 1. The summed E-state index contributed by atoms with van der Waals surface area (Å²) in [7, 11) is 0. The summed E-state index contributed by atoms with van der Waals surface area (Å²) in [4.78, 5) is 3.00. The molecule has 2 aromatic rings. The van der Waals surface area contributed by atoms with Gasteiger partial charge in [0.15, 0.2) is 0 Å². The highest BCUT2D eigenvalue weighted by atomic mass is 32.1. The normalized spacial score (nSPS) is 13.7. The van der Waals surface area contributed by atoms with Gasteiger partial charge in [-0.25, -0.2) is 0 Å². The Morgan fingerprint density at radius 3 is 2.95 bits per heavy atom. The number of rotatable bonds is 1. The molecule has 1 aliphatic rings. The van der Waals surface area contributed by atoms with Gasteiger partial charge in [0.25, 0.3) is 5.17 Å². The number of anilines is 1. The monoisotopic (exact) mass is 271 g/mol. The second kappa shape index (κ2) is 4.39. The summed E-state index contributed by atoms with van der Waals surface area (Å²) in [5.41, 5.74) is 3.73. The van der Waals surface area contributed by atoms with E-state index in [1.54, 1.807) is 12.1 Å². The summed E-state index contributed by atoms with van der Waals surface area (Å²) < 4.78 is 5.18. The number of hydrogen-bond donors (Lipinski definition) is 2. The van der Waals surface area contributed by atoms with Crippen LogP contribution in [0.5, 0.6) is 0 Å². The van der Waals surface area contributed by atoms with E-state index in [4.69, 9.17) is 22.2 Å². The van der Waals surface area contributed by atoms with Crippen LogP contribution in [0.3, 0.4) is 0 Å². The molecule has 3 rings (SSSR count).